The predicted octanol–water partition coefficient (Wildman–Crippen LogP) is 2.23. The van der Waals surface area contributed by atoms with Crippen LogP contribution in [-0.4, -0.2) is 16.5 Å². The highest BCUT2D eigenvalue weighted by atomic mass is 32.1. The summed E-state index contributed by atoms with van der Waals surface area (Å²) in [6, 6.07) is 5.38. The van der Waals surface area contributed by atoms with Gasteiger partial charge in [-0.15, -0.1) is 0 Å². The Morgan fingerprint density at radius 3 is 3.00 bits per heavy atom. The maximum absolute atomic E-state index is 11.0. The quantitative estimate of drug-likeness (QED) is 0.589. The number of ketones is 1. The Balaban J connectivity index is 2.92. The van der Waals surface area contributed by atoms with Crippen molar-refractivity contribution in [2.45, 2.75) is 6.92 Å². The summed E-state index contributed by atoms with van der Waals surface area (Å²) in [5.74, 6) is 0.660. The summed E-state index contributed by atoms with van der Waals surface area (Å²) in [6.07, 6.45) is 3.73. The summed E-state index contributed by atoms with van der Waals surface area (Å²) >= 11 is 4.04. The molecular weight excluding hydrogens is 182 g/mol. The Hall–Kier alpha value is -1.09. The van der Waals surface area contributed by atoms with E-state index in [2.05, 4.69) is 17.6 Å². The van der Waals surface area contributed by atoms with Crippen molar-refractivity contribution in [3.8, 4) is 0 Å². The Morgan fingerprint density at radius 2 is 2.38 bits per heavy atom. The maximum Gasteiger partial charge on any atom is 0.178 e. The monoisotopic (exact) mass is 193 g/mol. The van der Waals surface area contributed by atoms with Crippen LogP contribution in [-0.2, 0) is 0 Å². The molecule has 0 fully saturated rings. The Morgan fingerprint density at radius 1 is 1.62 bits per heavy atom. The summed E-state index contributed by atoms with van der Waals surface area (Å²) in [5.41, 5.74) is 1.29. The highest BCUT2D eigenvalue weighted by molar-refractivity contribution is 7.80. The zero-order valence-electron chi connectivity index (χ0n) is 7.40. The van der Waals surface area contributed by atoms with E-state index >= 15 is 0 Å². The first kappa shape index (κ1) is 9.99. The van der Waals surface area contributed by atoms with Crippen molar-refractivity contribution in [1.29, 1.82) is 0 Å². The van der Waals surface area contributed by atoms with Crippen molar-refractivity contribution in [2.75, 3.05) is 5.75 Å². The zero-order chi connectivity index (χ0) is 9.68. The van der Waals surface area contributed by atoms with Gasteiger partial charge in [-0.2, -0.15) is 12.6 Å². The average Bonchev–Trinajstić information content (AvgIpc) is 2.15. The number of aromatic nitrogens is 1. The molecule has 1 heterocycles. The highest BCUT2D eigenvalue weighted by Crippen LogP contribution is 2.02. The number of Topliss-reactive ketones (excluding diaryl/α,β-unsaturated/α-hetero) is 1. The van der Waals surface area contributed by atoms with Gasteiger partial charge in [-0.05, 0) is 18.2 Å². The first-order chi connectivity index (χ1) is 6.24. The zero-order valence-corrected chi connectivity index (χ0v) is 8.29. The number of rotatable bonds is 3. The third kappa shape index (κ3) is 3.03. The van der Waals surface area contributed by atoms with Crippen LogP contribution in [0.3, 0.4) is 0 Å². The lowest BCUT2D eigenvalue weighted by molar-refractivity contribution is 0.101. The molecule has 0 aliphatic heterocycles. The van der Waals surface area contributed by atoms with Crippen LogP contribution in [0.1, 0.15) is 23.1 Å². The van der Waals surface area contributed by atoms with Crippen molar-refractivity contribution in [3.05, 3.63) is 35.7 Å². The minimum Gasteiger partial charge on any atom is -0.293 e. The van der Waals surface area contributed by atoms with Crippen LogP contribution in [0.25, 0.3) is 6.08 Å². The van der Waals surface area contributed by atoms with E-state index in [0.29, 0.717) is 11.4 Å². The molecule has 2 nitrogen and oxygen atoms in total. The molecule has 1 aromatic rings. The lowest BCUT2D eigenvalue weighted by atomic mass is 10.2. The molecular formula is C10H11NOS. The summed E-state index contributed by atoms with van der Waals surface area (Å²) in [7, 11) is 0. The summed E-state index contributed by atoms with van der Waals surface area (Å²) in [4.78, 5) is 15.1. The van der Waals surface area contributed by atoms with Gasteiger partial charge in [0.1, 0.15) is 5.69 Å². The van der Waals surface area contributed by atoms with Gasteiger partial charge in [-0.3, -0.25) is 4.79 Å². The number of thiol groups is 1. The van der Waals surface area contributed by atoms with Crippen LogP contribution in [0.4, 0.5) is 0 Å². The largest absolute Gasteiger partial charge is 0.293 e. The molecule has 0 N–H and O–H groups in total. The first-order valence-corrected chi connectivity index (χ1v) is 4.62. The van der Waals surface area contributed by atoms with Crippen molar-refractivity contribution in [2.24, 2.45) is 0 Å². The Bertz CT molecular complexity index is 333. The summed E-state index contributed by atoms with van der Waals surface area (Å²) < 4.78 is 0. The molecule has 0 amide bonds. The molecule has 0 saturated heterocycles. The van der Waals surface area contributed by atoms with Gasteiger partial charge in [0, 0.05) is 12.7 Å². The van der Waals surface area contributed by atoms with Crippen molar-refractivity contribution in [1.82, 2.24) is 4.98 Å². The van der Waals surface area contributed by atoms with Gasteiger partial charge in [-0.1, -0.05) is 12.1 Å². The molecule has 0 spiro atoms. The molecule has 1 rings (SSSR count). The second kappa shape index (κ2) is 4.82. The van der Waals surface area contributed by atoms with E-state index in [1.54, 1.807) is 6.07 Å². The molecule has 0 aliphatic rings. The molecule has 1 aromatic heterocycles. The van der Waals surface area contributed by atoms with E-state index in [1.807, 2.05) is 24.3 Å². The fourth-order valence-corrected chi connectivity index (χ4v) is 1.02. The van der Waals surface area contributed by atoms with Crippen LogP contribution in [0.15, 0.2) is 24.3 Å². The van der Waals surface area contributed by atoms with E-state index in [9.17, 15) is 4.79 Å². The molecule has 0 aliphatic carbocycles. The predicted molar refractivity (Wildman–Crippen MR) is 57.1 cm³/mol. The number of hydrogen-bond acceptors (Lipinski definition) is 3. The minimum absolute atomic E-state index is 0.0128. The summed E-state index contributed by atoms with van der Waals surface area (Å²) in [5, 5.41) is 0. The molecule has 0 saturated carbocycles. The fraction of sp³-hybridized carbons (Fsp3) is 0.200. The SMILES string of the molecule is CC(=O)c1cccc(C=CCS)n1. The fourth-order valence-electron chi connectivity index (χ4n) is 0.914. The number of carbonyl (C=O) groups is 1. The second-order valence-electron chi connectivity index (χ2n) is 2.59. The van der Waals surface area contributed by atoms with E-state index < -0.39 is 0 Å². The smallest absolute Gasteiger partial charge is 0.178 e. The van der Waals surface area contributed by atoms with Crippen molar-refractivity contribution >= 4 is 24.5 Å². The maximum atomic E-state index is 11.0. The molecule has 0 radical (unpaired) electrons. The number of nitrogens with zero attached hydrogens (tertiary/aromatic N) is 1. The standard InChI is InChI=1S/C10H11NOS/c1-8(12)10-6-2-4-9(11-10)5-3-7-13/h2-6,13H,7H2,1H3. The normalized spacial score (nSPS) is 10.6. The lowest BCUT2D eigenvalue weighted by Crippen LogP contribution is -1.96. The molecule has 0 bridgehead atoms. The molecule has 0 atom stereocenters. The Labute approximate surface area is 83.1 Å². The molecule has 68 valence electrons. The molecule has 0 unspecified atom stereocenters. The van der Waals surface area contributed by atoms with Crippen molar-refractivity contribution in [3.63, 3.8) is 0 Å². The van der Waals surface area contributed by atoms with E-state index in [0.717, 1.165) is 5.69 Å². The highest BCUT2D eigenvalue weighted by Gasteiger charge is 1.99. The van der Waals surface area contributed by atoms with Crippen molar-refractivity contribution < 1.29 is 4.79 Å². The third-order valence-electron chi connectivity index (χ3n) is 1.53. The Kier molecular flexibility index (Phi) is 3.71. The van der Waals surface area contributed by atoms with Crippen LogP contribution in [0.5, 0.6) is 0 Å². The average molecular weight is 193 g/mol. The van der Waals surface area contributed by atoms with Gasteiger partial charge < -0.3 is 0 Å². The summed E-state index contributed by atoms with van der Waals surface area (Å²) in [6.45, 7) is 1.51. The van der Waals surface area contributed by atoms with Gasteiger partial charge in [0.2, 0.25) is 0 Å². The molecule has 0 aromatic carbocycles. The van der Waals surface area contributed by atoms with E-state index in [1.165, 1.54) is 6.92 Å². The number of hydrogen-bond donors (Lipinski definition) is 1. The number of carbonyl (C=O) groups excluding carboxylic acids is 1. The van der Waals surface area contributed by atoms with E-state index in [-0.39, 0.29) is 5.78 Å². The van der Waals surface area contributed by atoms with Crippen LogP contribution in [0.2, 0.25) is 0 Å². The van der Waals surface area contributed by atoms with Crippen LogP contribution >= 0.6 is 12.6 Å². The topological polar surface area (TPSA) is 30.0 Å². The lowest BCUT2D eigenvalue weighted by Gasteiger charge is -1.95. The number of pyridine rings is 1. The molecule has 13 heavy (non-hydrogen) atoms. The van der Waals surface area contributed by atoms with Crippen LogP contribution < -0.4 is 0 Å². The second-order valence-corrected chi connectivity index (χ2v) is 2.95. The van der Waals surface area contributed by atoms with Gasteiger partial charge in [-0.25, -0.2) is 4.98 Å². The molecule has 3 heteroatoms. The van der Waals surface area contributed by atoms with Gasteiger partial charge in [0.05, 0.1) is 5.69 Å². The minimum atomic E-state index is -0.0128. The third-order valence-corrected chi connectivity index (χ3v) is 1.74. The first-order valence-electron chi connectivity index (χ1n) is 3.99. The van der Waals surface area contributed by atoms with E-state index in [4.69, 9.17) is 0 Å². The van der Waals surface area contributed by atoms with Gasteiger partial charge in [0.15, 0.2) is 5.78 Å². The van der Waals surface area contributed by atoms with Gasteiger partial charge in [0.25, 0.3) is 0 Å². The van der Waals surface area contributed by atoms with Gasteiger partial charge >= 0.3 is 0 Å². The van der Waals surface area contributed by atoms with Crippen LogP contribution in [0, 0.1) is 0 Å².